The van der Waals surface area contributed by atoms with E-state index in [0.717, 1.165) is 27.1 Å². The molecule has 1 N–H and O–H groups in total. The van der Waals surface area contributed by atoms with Crippen molar-refractivity contribution in [3.8, 4) is 0 Å². The Bertz CT molecular complexity index is 1280. The van der Waals surface area contributed by atoms with Crippen LogP contribution in [0.15, 0.2) is 93.4 Å². The number of pyridine rings is 1. The molecule has 0 radical (unpaired) electrons. The molecular weight excluding hydrogens is 446 g/mol. The molecule has 2 aromatic heterocycles. The first-order chi connectivity index (χ1) is 16.0. The van der Waals surface area contributed by atoms with Gasteiger partial charge in [-0.15, -0.1) is 0 Å². The lowest BCUT2D eigenvalue weighted by Crippen LogP contribution is -2.29. The van der Waals surface area contributed by atoms with E-state index in [-0.39, 0.29) is 12.1 Å². The fourth-order valence-electron chi connectivity index (χ4n) is 4.07. The minimum Gasteiger partial charge on any atom is -0.452 e. The monoisotopic (exact) mass is 471 g/mol. The maximum absolute atomic E-state index is 6.40. The summed E-state index contributed by atoms with van der Waals surface area (Å²) in [6, 6.07) is 24.7. The van der Waals surface area contributed by atoms with Crippen LogP contribution in [0, 0.1) is 20.8 Å². The molecule has 6 heteroatoms. The summed E-state index contributed by atoms with van der Waals surface area (Å²) in [5.41, 5.74) is 5.70. The highest BCUT2D eigenvalue weighted by molar-refractivity contribution is 7.99. The fraction of sp³-hybridized carbons (Fsp3) is 0.185. The summed E-state index contributed by atoms with van der Waals surface area (Å²) in [4.78, 5) is 7.92. The zero-order valence-electron chi connectivity index (χ0n) is 18.8. The number of furan rings is 1. The lowest BCUT2D eigenvalue weighted by molar-refractivity contribution is 0.383. The van der Waals surface area contributed by atoms with Crippen molar-refractivity contribution in [2.45, 2.75) is 42.8 Å². The van der Waals surface area contributed by atoms with Crippen LogP contribution in [0.25, 0.3) is 0 Å². The SMILES string of the molecule is Cc1ccc(Sc2ccc([C@H]3[C@H](c4ccccn4)NC(=S)N3c3ccc(C)c(C)c3)o2)cc1. The van der Waals surface area contributed by atoms with Gasteiger partial charge in [0.15, 0.2) is 10.2 Å². The molecule has 0 amide bonds. The summed E-state index contributed by atoms with van der Waals surface area (Å²) in [6.45, 7) is 6.34. The number of thiocarbonyl (C=S) groups is 1. The molecule has 33 heavy (non-hydrogen) atoms. The van der Waals surface area contributed by atoms with Crippen molar-refractivity contribution in [1.82, 2.24) is 10.3 Å². The third-order valence-electron chi connectivity index (χ3n) is 6.00. The third-order valence-corrected chi connectivity index (χ3v) is 7.24. The number of aryl methyl sites for hydroxylation is 3. The number of benzene rings is 2. The maximum atomic E-state index is 6.40. The Morgan fingerprint density at radius 3 is 2.48 bits per heavy atom. The van der Waals surface area contributed by atoms with Crippen LogP contribution < -0.4 is 10.2 Å². The Hall–Kier alpha value is -3.09. The van der Waals surface area contributed by atoms with E-state index in [9.17, 15) is 0 Å². The molecule has 3 heterocycles. The highest BCUT2D eigenvalue weighted by Gasteiger charge is 2.42. The predicted molar refractivity (Wildman–Crippen MR) is 138 cm³/mol. The van der Waals surface area contributed by atoms with E-state index in [4.69, 9.17) is 16.6 Å². The maximum Gasteiger partial charge on any atom is 0.174 e. The van der Waals surface area contributed by atoms with Crippen LogP contribution in [-0.4, -0.2) is 10.1 Å². The average Bonchev–Trinajstić information content (AvgIpc) is 3.42. The van der Waals surface area contributed by atoms with E-state index in [1.54, 1.807) is 11.8 Å². The van der Waals surface area contributed by atoms with Gasteiger partial charge in [-0.1, -0.05) is 41.6 Å². The first-order valence-electron chi connectivity index (χ1n) is 10.9. The molecule has 0 spiro atoms. The summed E-state index contributed by atoms with van der Waals surface area (Å²) in [5.74, 6) is 0.853. The van der Waals surface area contributed by atoms with E-state index in [1.807, 2.05) is 30.5 Å². The van der Waals surface area contributed by atoms with Gasteiger partial charge in [0.25, 0.3) is 0 Å². The lowest BCUT2D eigenvalue weighted by Gasteiger charge is -2.26. The predicted octanol–water partition coefficient (Wildman–Crippen LogP) is 6.93. The first-order valence-corrected chi connectivity index (χ1v) is 12.1. The third kappa shape index (κ3) is 4.41. The van der Waals surface area contributed by atoms with Gasteiger partial charge in [0.2, 0.25) is 0 Å². The average molecular weight is 472 g/mol. The van der Waals surface area contributed by atoms with Crippen molar-refractivity contribution in [2.24, 2.45) is 0 Å². The van der Waals surface area contributed by atoms with E-state index >= 15 is 0 Å². The van der Waals surface area contributed by atoms with Gasteiger partial charge in [0, 0.05) is 16.8 Å². The lowest BCUT2D eigenvalue weighted by atomic mass is 10.0. The van der Waals surface area contributed by atoms with E-state index in [1.165, 1.54) is 16.7 Å². The number of nitrogens with zero attached hydrogens (tertiary/aromatic N) is 2. The number of rotatable bonds is 5. The second-order valence-corrected chi connectivity index (χ2v) is 9.80. The van der Waals surface area contributed by atoms with Crippen molar-refractivity contribution in [1.29, 1.82) is 0 Å². The van der Waals surface area contributed by atoms with Crippen LogP contribution in [0.4, 0.5) is 5.69 Å². The minimum atomic E-state index is -0.151. The summed E-state index contributed by atoms with van der Waals surface area (Å²) in [7, 11) is 0. The fourth-order valence-corrected chi connectivity index (χ4v) is 5.19. The largest absolute Gasteiger partial charge is 0.452 e. The molecular formula is C27H25N3OS2. The standard InChI is InChI=1S/C27H25N3OS2/c1-17-7-11-21(12-8-17)33-24-14-13-23(31-24)26-25(22-6-4-5-15-28-22)29-27(32)30(26)20-10-9-18(2)19(3)16-20/h4-16,25-26H,1-3H3,(H,29,32)/t25-,26-/m0/s1. The second kappa shape index (κ2) is 9.04. The summed E-state index contributed by atoms with van der Waals surface area (Å²) < 4.78 is 6.40. The van der Waals surface area contributed by atoms with Gasteiger partial charge in [0.05, 0.1) is 11.7 Å². The number of anilines is 1. The molecule has 0 bridgehead atoms. The molecule has 1 fully saturated rings. The van der Waals surface area contributed by atoms with Gasteiger partial charge in [-0.3, -0.25) is 4.98 Å². The molecule has 166 valence electrons. The Labute approximate surface area is 204 Å². The van der Waals surface area contributed by atoms with Crippen LogP contribution >= 0.6 is 24.0 Å². The molecule has 1 saturated heterocycles. The van der Waals surface area contributed by atoms with E-state index in [2.05, 4.69) is 84.5 Å². The molecule has 2 atom stereocenters. The number of aromatic nitrogens is 1. The van der Waals surface area contributed by atoms with Crippen LogP contribution in [0.3, 0.4) is 0 Å². The van der Waals surface area contributed by atoms with Crippen LogP contribution in [0.5, 0.6) is 0 Å². The summed E-state index contributed by atoms with van der Waals surface area (Å²) in [5, 5.41) is 5.02. The van der Waals surface area contributed by atoms with Gasteiger partial charge < -0.3 is 14.6 Å². The highest BCUT2D eigenvalue weighted by Crippen LogP contribution is 2.43. The molecule has 1 aliphatic rings. The molecule has 0 unspecified atom stereocenters. The van der Waals surface area contributed by atoms with Gasteiger partial charge in [0.1, 0.15) is 11.8 Å². The van der Waals surface area contributed by atoms with Crippen molar-refractivity contribution in [3.63, 3.8) is 0 Å². The Morgan fingerprint density at radius 2 is 1.76 bits per heavy atom. The van der Waals surface area contributed by atoms with Gasteiger partial charge in [-0.05, 0) is 92.6 Å². The van der Waals surface area contributed by atoms with Crippen molar-refractivity contribution in [3.05, 3.63) is 107 Å². The molecule has 4 nitrogen and oxygen atoms in total. The van der Waals surface area contributed by atoms with Crippen LogP contribution in [-0.2, 0) is 0 Å². The van der Waals surface area contributed by atoms with Crippen molar-refractivity contribution in [2.75, 3.05) is 4.90 Å². The molecule has 5 rings (SSSR count). The van der Waals surface area contributed by atoms with E-state index in [0.29, 0.717) is 5.11 Å². The first kappa shape index (κ1) is 21.7. The zero-order valence-corrected chi connectivity index (χ0v) is 20.4. The minimum absolute atomic E-state index is 0.122. The van der Waals surface area contributed by atoms with Crippen LogP contribution in [0.2, 0.25) is 0 Å². The number of nitrogens with one attached hydrogen (secondary N) is 1. The highest BCUT2D eigenvalue weighted by atomic mass is 32.2. The Kier molecular flexibility index (Phi) is 5.96. The molecule has 1 aliphatic heterocycles. The van der Waals surface area contributed by atoms with Gasteiger partial charge in [-0.25, -0.2) is 0 Å². The molecule has 4 aromatic rings. The van der Waals surface area contributed by atoms with Crippen molar-refractivity contribution >= 4 is 34.8 Å². The van der Waals surface area contributed by atoms with Gasteiger partial charge in [-0.2, -0.15) is 0 Å². The van der Waals surface area contributed by atoms with Gasteiger partial charge >= 0.3 is 0 Å². The van der Waals surface area contributed by atoms with Crippen molar-refractivity contribution < 1.29 is 4.42 Å². The topological polar surface area (TPSA) is 41.3 Å². The smallest absolute Gasteiger partial charge is 0.174 e. The Morgan fingerprint density at radius 1 is 0.939 bits per heavy atom. The molecule has 2 aromatic carbocycles. The summed E-state index contributed by atoms with van der Waals surface area (Å²) in [6.07, 6.45) is 1.82. The Balaban J connectivity index is 1.53. The molecule has 0 aliphatic carbocycles. The number of hydrogen-bond donors (Lipinski definition) is 1. The van der Waals surface area contributed by atoms with E-state index < -0.39 is 0 Å². The molecule has 0 saturated carbocycles. The second-order valence-electron chi connectivity index (χ2n) is 8.34. The summed E-state index contributed by atoms with van der Waals surface area (Å²) >= 11 is 7.44. The quantitative estimate of drug-likeness (QED) is 0.318. The number of hydrogen-bond acceptors (Lipinski definition) is 4. The van der Waals surface area contributed by atoms with Crippen LogP contribution in [0.1, 0.15) is 40.2 Å². The zero-order chi connectivity index (χ0) is 22.9. The normalized spacial score (nSPS) is 17.9.